The van der Waals surface area contributed by atoms with Crippen molar-refractivity contribution in [2.75, 3.05) is 36.4 Å². The first kappa shape index (κ1) is 17.3. The molecular weight excluding hydrogens is 346 g/mol. The maximum absolute atomic E-state index is 12.6. The summed E-state index contributed by atoms with van der Waals surface area (Å²) in [5, 5.41) is 2.83. The highest BCUT2D eigenvalue weighted by molar-refractivity contribution is 6.00. The number of fused-ring (bicyclic) bond motifs is 1. The van der Waals surface area contributed by atoms with Gasteiger partial charge in [0.25, 0.3) is 5.91 Å². The van der Waals surface area contributed by atoms with E-state index in [1.54, 1.807) is 23.4 Å². The van der Waals surface area contributed by atoms with Crippen molar-refractivity contribution in [3.8, 4) is 5.75 Å². The average molecular weight is 367 g/mol. The predicted molar refractivity (Wildman–Crippen MR) is 99.7 cm³/mol. The highest BCUT2D eigenvalue weighted by Crippen LogP contribution is 2.31. The zero-order valence-electron chi connectivity index (χ0n) is 15.1. The molecule has 1 aromatic carbocycles. The third-order valence-corrected chi connectivity index (χ3v) is 4.78. The Bertz CT molecular complexity index is 850. The van der Waals surface area contributed by atoms with Crippen molar-refractivity contribution in [1.82, 2.24) is 14.9 Å². The summed E-state index contributed by atoms with van der Waals surface area (Å²) in [5.41, 5.74) is 1.69. The highest BCUT2D eigenvalue weighted by Gasteiger charge is 2.32. The van der Waals surface area contributed by atoms with Crippen LogP contribution in [0.1, 0.15) is 12.0 Å². The highest BCUT2D eigenvalue weighted by atomic mass is 16.5. The Morgan fingerprint density at radius 3 is 2.70 bits per heavy atom. The van der Waals surface area contributed by atoms with Crippen LogP contribution in [0.25, 0.3) is 0 Å². The van der Waals surface area contributed by atoms with E-state index in [4.69, 9.17) is 4.74 Å². The molecule has 1 N–H and O–H groups in total. The van der Waals surface area contributed by atoms with Gasteiger partial charge >= 0.3 is 0 Å². The van der Waals surface area contributed by atoms with Crippen LogP contribution in [0.15, 0.2) is 36.7 Å². The van der Waals surface area contributed by atoms with Gasteiger partial charge in [-0.05, 0) is 30.7 Å². The number of aryl methyl sites for hydroxylation is 1. The number of nitrogens with one attached hydrogen (secondary N) is 1. The molecule has 1 saturated heterocycles. The average Bonchev–Trinajstić information content (AvgIpc) is 2.69. The molecule has 140 valence electrons. The number of aromatic nitrogens is 2. The first-order chi connectivity index (χ1) is 13.1. The molecule has 0 radical (unpaired) electrons. The van der Waals surface area contributed by atoms with Crippen LogP contribution in [-0.2, 0) is 9.59 Å². The number of ether oxygens (including phenoxy) is 1. The molecule has 2 aromatic rings. The Labute approximate surface area is 157 Å². The van der Waals surface area contributed by atoms with Crippen molar-refractivity contribution >= 4 is 23.5 Å². The summed E-state index contributed by atoms with van der Waals surface area (Å²) in [5.74, 6) is 0.910. The van der Waals surface area contributed by atoms with Crippen LogP contribution >= 0.6 is 0 Å². The van der Waals surface area contributed by atoms with E-state index in [9.17, 15) is 9.59 Å². The third kappa shape index (κ3) is 3.69. The van der Waals surface area contributed by atoms with Crippen LogP contribution in [0, 0.1) is 6.92 Å². The fourth-order valence-electron chi connectivity index (χ4n) is 3.30. The van der Waals surface area contributed by atoms with Gasteiger partial charge in [0.15, 0.2) is 6.10 Å². The van der Waals surface area contributed by atoms with Crippen LogP contribution in [0.3, 0.4) is 0 Å². The molecule has 3 heterocycles. The molecule has 2 amide bonds. The fraction of sp³-hybridized carbons (Fsp3) is 0.368. The van der Waals surface area contributed by atoms with Crippen LogP contribution in [0.5, 0.6) is 5.75 Å². The molecule has 1 fully saturated rings. The molecule has 8 heteroatoms. The quantitative estimate of drug-likeness (QED) is 0.878. The minimum absolute atomic E-state index is 0.0288. The van der Waals surface area contributed by atoms with E-state index in [1.807, 2.05) is 30.0 Å². The smallest absolute Gasteiger partial charge is 0.266 e. The second kappa shape index (κ2) is 7.22. The van der Waals surface area contributed by atoms with E-state index in [-0.39, 0.29) is 18.2 Å². The van der Waals surface area contributed by atoms with Crippen molar-refractivity contribution in [3.05, 3.63) is 42.2 Å². The summed E-state index contributed by atoms with van der Waals surface area (Å²) >= 11 is 0. The van der Waals surface area contributed by atoms with Gasteiger partial charge in [0.2, 0.25) is 11.9 Å². The van der Waals surface area contributed by atoms with Gasteiger partial charge in [-0.25, -0.2) is 9.97 Å². The summed E-state index contributed by atoms with van der Waals surface area (Å²) in [6.45, 7) is 4.41. The number of anilines is 2. The van der Waals surface area contributed by atoms with E-state index < -0.39 is 6.10 Å². The lowest BCUT2D eigenvalue weighted by molar-refractivity contribution is -0.137. The number of carbonyl (C=O) groups excluding carboxylic acids is 2. The second-order valence-corrected chi connectivity index (χ2v) is 6.72. The third-order valence-electron chi connectivity index (χ3n) is 4.78. The summed E-state index contributed by atoms with van der Waals surface area (Å²) in [4.78, 5) is 37.2. The molecule has 0 aliphatic carbocycles. The number of carbonyl (C=O) groups is 2. The molecule has 2 aliphatic heterocycles. The normalized spacial score (nSPS) is 19.1. The number of piperazine rings is 1. The number of hydrogen-bond acceptors (Lipinski definition) is 6. The van der Waals surface area contributed by atoms with E-state index >= 15 is 0 Å². The van der Waals surface area contributed by atoms with Gasteiger partial charge in [-0.3, -0.25) is 9.59 Å². The molecule has 8 nitrogen and oxygen atoms in total. The van der Waals surface area contributed by atoms with Gasteiger partial charge in [0.05, 0.1) is 12.1 Å². The summed E-state index contributed by atoms with van der Waals surface area (Å²) < 4.78 is 5.76. The molecule has 1 aromatic heterocycles. The van der Waals surface area contributed by atoms with Crippen LogP contribution < -0.4 is 15.0 Å². The standard InChI is InChI=1S/C19H21N5O3/c1-13-3-4-15-14(11-13)22-18(26)16(27-15)12-17(25)23-7-9-24(10-8-23)19-20-5-2-6-21-19/h2-6,11,16H,7-10,12H2,1H3,(H,22,26). The molecule has 0 spiro atoms. The maximum atomic E-state index is 12.6. The SMILES string of the molecule is Cc1ccc2c(c1)NC(=O)C(CC(=O)N1CCN(c3ncccn3)CC1)O2. The van der Waals surface area contributed by atoms with Gasteiger partial charge in [-0.2, -0.15) is 0 Å². The summed E-state index contributed by atoms with van der Waals surface area (Å²) in [6, 6.07) is 7.37. The van der Waals surface area contributed by atoms with Crippen molar-refractivity contribution in [3.63, 3.8) is 0 Å². The lowest BCUT2D eigenvalue weighted by atomic mass is 10.1. The lowest BCUT2D eigenvalue weighted by Gasteiger charge is -2.35. The van der Waals surface area contributed by atoms with E-state index in [0.717, 1.165) is 5.56 Å². The van der Waals surface area contributed by atoms with Crippen molar-refractivity contribution < 1.29 is 14.3 Å². The van der Waals surface area contributed by atoms with Gasteiger partial charge in [0, 0.05) is 38.6 Å². The molecule has 0 bridgehead atoms. The number of hydrogen-bond donors (Lipinski definition) is 1. The zero-order valence-corrected chi connectivity index (χ0v) is 15.1. The molecule has 0 saturated carbocycles. The minimum atomic E-state index is -0.803. The predicted octanol–water partition coefficient (Wildman–Crippen LogP) is 1.22. The van der Waals surface area contributed by atoms with Gasteiger partial charge in [-0.1, -0.05) is 6.07 Å². The molecule has 4 rings (SSSR count). The second-order valence-electron chi connectivity index (χ2n) is 6.72. The number of benzene rings is 1. The summed E-state index contributed by atoms with van der Waals surface area (Å²) in [7, 11) is 0. The molecule has 2 aliphatic rings. The largest absolute Gasteiger partial charge is 0.478 e. The van der Waals surface area contributed by atoms with E-state index in [0.29, 0.717) is 43.6 Å². The van der Waals surface area contributed by atoms with Crippen molar-refractivity contribution in [2.45, 2.75) is 19.4 Å². The van der Waals surface area contributed by atoms with E-state index in [1.165, 1.54) is 0 Å². The van der Waals surface area contributed by atoms with E-state index in [2.05, 4.69) is 15.3 Å². The van der Waals surface area contributed by atoms with Crippen molar-refractivity contribution in [1.29, 1.82) is 0 Å². The number of amides is 2. The van der Waals surface area contributed by atoms with Gasteiger partial charge in [-0.15, -0.1) is 0 Å². The number of nitrogens with zero attached hydrogens (tertiary/aromatic N) is 4. The molecule has 1 atom stereocenters. The Morgan fingerprint density at radius 2 is 1.96 bits per heavy atom. The minimum Gasteiger partial charge on any atom is -0.478 e. The molecule has 1 unspecified atom stereocenters. The molecule has 27 heavy (non-hydrogen) atoms. The maximum Gasteiger partial charge on any atom is 0.266 e. The topological polar surface area (TPSA) is 87.7 Å². The van der Waals surface area contributed by atoms with Crippen molar-refractivity contribution in [2.24, 2.45) is 0 Å². The Hall–Kier alpha value is -3.16. The first-order valence-electron chi connectivity index (χ1n) is 8.98. The molecular formula is C19H21N5O3. The van der Waals surface area contributed by atoms with Crippen LogP contribution in [-0.4, -0.2) is 59.0 Å². The first-order valence-corrected chi connectivity index (χ1v) is 8.98. The Morgan fingerprint density at radius 1 is 1.22 bits per heavy atom. The fourth-order valence-corrected chi connectivity index (χ4v) is 3.30. The summed E-state index contributed by atoms with van der Waals surface area (Å²) in [6.07, 6.45) is 2.64. The lowest BCUT2D eigenvalue weighted by Crippen LogP contribution is -2.51. The Balaban J connectivity index is 1.35. The van der Waals surface area contributed by atoms with Gasteiger partial charge < -0.3 is 19.9 Å². The van der Waals surface area contributed by atoms with Crippen LogP contribution in [0.2, 0.25) is 0 Å². The van der Waals surface area contributed by atoms with Gasteiger partial charge in [0.1, 0.15) is 5.75 Å². The van der Waals surface area contributed by atoms with Crippen LogP contribution in [0.4, 0.5) is 11.6 Å². The monoisotopic (exact) mass is 367 g/mol. The zero-order chi connectivity index (χ0) is 18.8. The number of rotatable bonds is 3. The Kier molecular flexibility index (Phi) is 4.62.